The van der Waals surface area contributed by atoms with E-state index in [1.165, 1.54) is 6.26 Å². The molecule has 104 valence electrons. The van der Waals surface area contributed by atoms with Crippen LogP contribution in [0.4, 0.5) is 0 Å². The molecule has 1 aromatic carbocycles. The van der Waals surface area contributed by atoms with Gasteiger partial charge in [0.25, 0.3) is 0 Å². The van der Waals surface area contributed by atoms with Gasteiger partial charge in [-0.2, -0.15) is 0 Å². The van der Waals surface area contributed by atoms with Gasteiger partial charge in [0, 0.05) is 18.1 Å². The summed E-state index contributed by atoms with van der Waals surface area (Å²) in [5, 5.41) is 0.345. The van der Waals surface area contributed by atoms with E-state index in [9.17, 15) is 4.79 Å². The van der Waals surface area contributed by atoms with Crippen molar-refractivity contribution in [3.63, 3.8) is 0 Å². The van der Waals surface area contributed by atoms with E-state index in [4.69, 9.17) is 25.5 Å². The number of halogens is 1. The average molecular weight is 293 g/mol. The van der Waals surface area contributed by atoms with Crippen LogP contribution in [0.25, 0.3) is 0 Å². The minimum atomic E-state index is -0.192. The Kier molecular flexibility index (Phi) is 3.40. The normalized spacial score (nSPS) is 13.9. The largest absolute Gasteiger partial charge is 0.490 e. The maximum atomic E-state index is 12.4. The molecule has 0 radical (unpaired) electrons. The summed E-state index contributed by atoms with van der Waals surface area (Å²) < 4.78 is 16.3. The molecule has 5 heteroatoms. The van der Waals surface area contributed by atoms with Gasteiger partial charge in [-0.25, -0.2) is 0 Å². The third kappa shape index (κ3) is 2.39. The van der Waals surface area contributed by atoms with E-state index in [1.807, 2.05) is 0 Å². The van der Waals surface area contributed by atoms with Crippen LogP contribution in [0.3, 0.4) is 0 Å². The minimum Gasteiger partial charge on any atom is -0.490 e. The lowest BCUT2D eigenvalue weighted by Crippen LogP contribution is -2.02. The highest BCUT2D eigenvalue weighted by molar-refractivity contribution is 6.35. The van der Waals surface area contributed by atoms with Crippen molar-refractivity contribution in [1.29, 1.82) is 0 Å². The monoisotopic (exact) mass is 292 g/mol. The number of hydrogen-bond donors (Lipinski definition) is 0. The lowest BCUT2D eigenvalue weighted by atomic mass is 10.0. The van der Waals surface area contributed by atoms with Crippen molar-refractivity contribution < 1.29 is 18.7 Å². The second-order valence-corrected chi connectivity index (χ2v) is 5.01. The van der Waals surface area contributed by atoms with Crippen LogP contribution in [0.2, 0.25) is 5.02 Å². The van der Waals surface area contributed by atoms with Crippen LogP contribution in [0.15, 0.2) is 28.9 Å². The summed E-state index contributed by atoms with van der Waals surface area (Å²) in [6.45, 7) is 2.93. The Balaban J connectivity index is 2.01. The molecule has 1 aliphatic heterocycles. The fourth-order valence-corrected chi connectivity index (χ4v) is 2.32. The summed E-state index contributed by atoms with van der Waals surface area (Å²) in [4.78, 5) is 12.4. The molecule has 0 fully saturated rings. The predicted molar refractivity (Wildman–Crippen MR) is 73.9 cm³/mol. The zero-order valence-corrected chi connectivity index (χ0v) is 11.7. The topological polar surface area (TPSA) is 48.7 Å². The van der Waals surface area contributed by atoms with E-state index >= 15 is 0 Å². The third-order valence-electron chi connectivity index (χ3n) is 3.07. The molecule has 0 aliphatic carbocycles. The van der Waals surface area contributed by atoms with Crippen LogP contribution >= 0.6 is 11.6 Å². The van der Waals surface area contributed by atoms with Crippen molar-refractivity contribution in [1.82, 2.24) is 0 Å². The third-order valence-corrected chi connectivity index (χ3v) is 3.39. The first-order chi connectivity index (χ1) is 9.65. The Bertz CT molecular complexity index is 660. The Morgan fingerprint density at radius 2 is 1.85 bits per heavy atom. The number of ether oxygens (including phenoxy) is 2. The molecule has 2 heterocycles. The number of fused-ring (bicyclic) bond motifs is 1. The van der Waals surface area contributed by atoms with E-state index in [0.29, 0.717) is 46.6 Å². The number of aryl methyl sites for hydroxylation is 1. The fourth-order valence-electron chi connectivity index (χ4n) is 2.08. The quantitative estimate of drug-likeness (QED) is 0.793. The van der Waals surface area contributed by atoms with Gasteiger partial charge in [0.1, 0.15) is 12.0 Å². The molecule has 2 aromatic rings. The van der Waals surface area contributed by atoms with Gasteiger partial charge >= 0.3 is 0 Å². The first-order valence-corrected chi connectivity index (χ1v) is 6.72. The molecule has 1 aliphatic rings. The molecule has 0 spiro atoms. The van der Waals surface area contributed by atoms with Crippen molar-refractivity contribution in [3.8, 4) is 11.5 Å². The highest BCUT2D eigenvalue weighted by atomic mass is 35.5. The van der Waals surface area contributed by atoms with E-state index in [2.05, 4.69) is 0 Å². The standard InChI is InChI=1S/C15H13ClO4/c1-9-5-10(8-20-9)15(17)11-6-13-14(7-12(11)16)19-4-2-3-18-13/h5-8H,2-4H2,1H3. The SMILES string of the molecule is Cc1cc(C(=O)c2cc3c(cc2Cl)OCCCO3)co1. The van der Waals surface area contributed by atoms with Gasteiger partial charge in [-0.15, -0.1) is 0 Å². The van der Waals surface area contributed by atoms with E-state index in [-0.39, 0.29) is 5.78 Å². The highest BCUT2D eigenvalue weighted by Gasteiger charge is 2.20. The van der Waals surface area contributed by atoms with E-state index in [1.54, 1.807) is 25.1 Å². The average Bonchev–Trinajstić information content (AvgIpc) is 2.73. The Hall–Kier alpha value is -1.94. The van der Waals surface area contributed by atoms with E-state index < -0.39 is 0 Å². The van der Waals surface area contributed by atoms with Gasteiger partial charge in [0.05, 0.1) is 23.8 Å². The maximum Gasteiger partial charge on any atom is 0.197 e. The van der Waals surface area contributed by atoms with Crippen LogP contribution in [-0.2, 0) is 0 Å². The molecular formula is C15H13ClO4. The lowest BCUT2D eigenvalue weighted by molar-refractivity contribution is 0.103. The van der Waals surface area contributed by atoms with Crippen LogP contribution in [0, 0.1) is 6.92 Å². The Morgan fingerprint density at radius 3 is 2.50 bits per heavy atom. The summed E-state index contributed by atoms with van der Waals surface area (Å²) in [6, 6.07) is 4.94. The predicted octanol–water partition coefficient (Wildman–Crippen LogP) is 3.63. The number of hydrogen-bond acceptors (Lipinski definition) is 4. The summed E-state index contributed by atoms with van der Waals surface area (Å²) in [7, 11) is 0. The molecule has 0 bridgehead atoms. The molecule has 0 N–H and O–H groups in total. The molecule has 0 saturated carbocycles. The molecule has 3 rings (SSSR count). The first kappa shape index (κ1) is 13.1. The van der Waals surface area contributed by atoms with Gasteiger partial charge in [0.15, 0.2) is 17.3 Å². The molecule has 0 atom stereocenters. The Labute approximate surface area is 121 Å². The first-order valence-electron chi connectivity index (χ1n) is 6.34. The van der Waals surface area contributed by atoms with Crippen LogP contribution < -0.4 is 9.47 Å². The van der Waals surface area contributed by atoms with Crippen molar-refractivity contribution in [3.05, 3.63) is 46.4 Å². The highest BCUT2D eigenvalue weighted by Crippen LogP contribution is 2.36. The van der Waals surface area contributed by atoms with Crippen molar-refractivity contribution >= 4 is 17.4 Å². The smallest absolute Gasteiger partial charge is 0.197 e. The number of carbonyl (C=O) groups is 1. The van der Waals surface area contributed by atoms with Gasteiger partial charge in [0.2, 0.25) is 0 Å². The van der Waals surface area contributed by atoms with Crippen LogP contribution in [-0.4, -0.2) is 19.0 Å². The van der Waals surface area contributed by atoms with Gasteiger partial charge in [-0.1, -0.05) is 11.6 Å². The zero-order chi connectivity index (χ0) is 14.1. The van der Waals surface area contributed by atoms with Crippen molar-refractivity contribution in [2.45, 2.75) is 13.3 Å². The summed E-state index contributed by atoms with van der Waals surface area (Å²) in [6.07, 6.45) is 2.23. The summed E-state index contributed by atoms with van der Waals surface area (Å²) in [5.41, 5.74) is 0.857. The summed E-state index contributed by atoms with van der Waals surface area (Å²) >= 11 is 6.18. The van der Waals surface area contributed by atoms with Crippen LogP contribution in [0.1, 0.15) is 28.1 Å². The second-order valence-electron chi connectivity index (χ2n) is 4.60. The van der Waals surface area contributed by atoms with Gasteiger partial charge in [-0.05, 0) is 19.1 Å². The Morgan fingerprint density at radius 1 is 1.15 bits per heavy atom. The number of carbonyl (C=O) groups excluding carboxylic acids is 1. The number of ketones is 1. The number of furan rings is 1. The van der Waals surface area contributed by atoms with Crippen LogP contribution in [0.5, 0.6) is 11.5 Å². The molecular weight excluding hydrogens is 280 g/mol. The second kappa shape index (κ2) is 5.21. The lowest BCUT2D eigenvalue weighted by Gasteiger charge is -2.10. The van der Waals surface area contributed by atoms with Crippen molar-refractivity contribution in [2.24, 2.45) is 0 Å². The minimum absolute atomic E-state index is 0.192. The molecule has 4 nitrogen and oxygen atoms in total. The molecule has 1 aromatic heterocycles. The maximum absolute atomic E-state index is 12.4. The number of benzene rings is 1. The molecule has 20 heavy (non-hydrogen) atoms. The van der Waals surface area contributed by atoms with E-state index in [0.717, 1.165) is 6.42 Å². The summed E-state index contributed by atoms with van der Waals surface area (Å²) in [5.74, 6) is 1.62. The van der Waals surface area contributed by atoms with Gasteiger partial charge < -0.3 is 13.9 Å². The number of rotatable bonds is 2. The molecule has 0 saturated heterocycles. The molecule has 0 unspecified atom stereocenters. The van der Waals surface area contributed by atoms with Gasteiger partial charge in [-0.3, -0.25) is 4.79 Å². The van der Waals surface area contributed by atoms with Crippen molar-refractivity contribution in [2.75, 3.05) is 13.2 Å². The zero-order valence-electron chi connectivity index (χ0n) is 10.9. The molecule has 0 amide bonds. The fraction of sp³-hybridized carbons (Fsp3) is 0.267.